The Bertz CT molecular complexity index is 998. The summed E-state index contributed by atoms with van der Waals surface area (Å²) in [5.74, 6) is -0.297. The Morgan fingerprint density at radius 2 is 1.69 bits per heavy atom. The molecule has 1 saturated heterocycles. The number of rotatable bonds is 6. The number of likely N-dealkylation sites (tertiary alicyclic amines) is 1. The van der Waals surface area contributed by atoms with Crippen LogP contribution in [0.2, 0.25) is 0 Å². The van der Waals surface area contributed by atoms with E-state index in [4.69, 9.17) is 0 Å². The summed E-state index contributed by atoms with van der Waals surface area (Å²) in [5.41, 5.74) is 1.95. The third kappa shape index (κ3) is 4.63. The second kappa shape index (κ2) is 8.88. The van der Waals surface area contributed by atoms with Gasteiger partial charge in [-0.05, 0) is 36.4 Å². The number of carbonyl (C=O) groups is 2. The van der Waals surface area contributed by atoms with E-state index >= 15 is 0 Å². The highest BCUT2D eigenvalue weighted by Crippen LogP contribution is 2.23. The van der Waals surface area contributed by atoms with E-state index in [1.807, 2.05) is 60.7 Å². The summed E-state index contributed by atoms with van der Waals surface area (Å²) in [6.45, 7) is 1.62. The van der Waals surface area contributed by atoms with Gasteiger partial charge in [0.1, 0.15) is 0 Å². The third-order valence-corrected chi connectivity index (χ3v) is 5.38. The number of amides is 2. The molecule has 0 aliphatic carbocycles. The van der Waals surface area contributed by atoms with E-state index in [2.05, 4.69) is 27.7 Å². The van der Waals surface area contributed by atoms with Gasteiger partial charge in [0.2, 0.25) is 11.8 Å². The molecule has 29 heavy (non-hydrogen) atoms. The smallest absolute Gasteiger partial charge is 0.243 e. The van der Waals surface area contributed by atoms with E-state index in [1.165, 1.54) is 5.56 Å². The van der Waals surface area contributed by atoms with Crippen molar-refractivity contribution in [2.24, 2.45) is 0 Å². The number of benzene rings is 3. The van der Waals surface area contributed by atoms with Gasteiger partial charge < -0.3 is 10.6 Å². The molecule has 0 radical (unpaired) electrons. The molecule has 0 bridgehead atoms. The van der Waals surface area contributed by atoms with Crippen LogP contribution in [0.3, 0.4) is 0 Å². The van der Waals surface area contributed by atoms with Crippen molar-refractivity contribution in [1.82, 2.24) is 10.2 Å². The van der Waals surface area contributed by atoms with Gasteiger partial charge in [-0.2, -0.15) is 0 Å². The zero-order valence-corrected chi connectivity index (χ0v) is 16.3. The monoisotopic (exact) mass is 387 g/mol. The van der Waals surface area contributed by atoms with E-state index in [0.717, 1.165) is 42.4 Å². The van der Waals surface area contributed by atoms with Gasteiger partial charge in [0, 0.05) is 17.6 Å². The minimum atomic E-state index is -0.220. The quantitative estimate of drug-likeness (QED) is 0.680. The Kier molecular flexibility index (Phi) is 5.86. The van der Waals surface area contributed by atoms with Gasteiger partial charge >= 0.3 is 0 Å². The van der Waals surface area contributed by atoms with Crippen molar-refractivity contribution in [3.05, 3.63) is 78.4 Å². The fourth-order valence-electron chi connectivity index (χ4n) is 3.94. The van der Waals surface area contributed by atoms with E-state index in [9.17, 15) is 9.59 Å². The van der Waals surface area contributed by atoms with E-state index in [0.29, 0.717) is 0 Å². The van der Waals surface area contributed by atoms with Crippen molar-refractivity contribution in [3.8, 4) is 0 Å². The van der Waals surface area contributed by atoms with Gasteiger partial charge in [0.05, 0.1) is 12.6 Å². The van der Waals surface area contributed by atoms with Crippen molar-refractivity contribution >= 4 is 28.3 Å². The lowest BCUT2D eigenvalue weighted by molar-refractivity contribution is -0.127. The van der Waals surface area contributed by atoms with E-state index < -0.39 is 0 Å². The Labute approximate surface area is 170 Å². The molecule has 2 N–H and O–H groups in total. The highest BCUT2D eigenvalue weighted by molar-refractivity contribution is 6.03. The normalized spacial score (nSPS) is 16.6. The van der Waals surface area contributed by atoms with Crippen LogP contribution >= 0.6 is 0 Å². The molecule has 0 spiro atoms. The SMILES string of the molecule is O=C(CNC(=O)C1CCCN1Cc1ccccc1)Nc1cccc2ccccc12. The van der Waals surface area contributed by atoms with Crippen LogP contribution in [0, 0.1) is 0 Å². The van der Waals surface area contributed by atoms with Gasteiger partial charge in [-0.3, -0.25) is 14.5 Å². The number of hydrogen-bond donors (Lipinski definition) is 2. The molecule has 0 saturated carbocycles. The molecule has 1 aliphatic rings. The Morgan fingerprint density at radius 1 is 0.931 bits per heavy atom. The van der Waals surface area contributed by atoms with Gasteiger partial charge in [-0.25, -0.2) is 0 Å². The molecule has 0 aromatic heterocycles. The van der Waals surface area contributed by atoms with Crippen molar-refractivity contribution in [2.75, 3.05) is 18.4 Å². The van der Waals surface area contributed by atoms with Gasteiger partial charge in [-0.15, -0.1) is 0 Å². The van der Waals surface area contributed by atoms with Crippen LogP contribution in [0.5, 0.6) is 0 Å². The van der Waals surface area contributed by atoms with Gasteiger partial charge in [-0.1, -0.05) is 66.7 Å². The first-order valence-corrected chi connectivity index (χ1v) is 10.0. The lowest BCUT2D eigenvalue weighted by Crippen LogP contribution is -2.45. The van der Waals surface area contributed by atoms with Crippen LogP contribution in [0.15, 0.2) is 72.8 Å². The lowest BCUT2D eigenvalue weighted by Gasteiger charge is -2.23. The Morgan fingerprint density at radius 3 is 2.55 bits per heavy atom. The Hall–Kier alpha value is -3.18. The fraction of sp³-hybridized carbons (Fsp3) is 0.250. The summed E-state index contributed by atoms with van der Waals surface area (Å²) in [4.78, 5) is 27.3. The average Bonchev–Trinajstić information content (AvgIpc) is 3.21. The maximum Gasteiger partial charge on any atom is 0.243 e. The minimum Gasteiger partial charge on any atom is -0.346 e. The van der Waals surface area contributed by atoms with Crippen LogP contribution < -0.4 is 10.6 Å². The summed E-state index contributed by atoms with van der Waals surface area (Å²) < 4.78 is 0. The topological polar surface area (TPSA) is 61.4 Å². The molecule has 3 aromatic carbocycles. The highest BCUT2D eigenvalue weighted by Gasteiger charge is 2.30. The second-order valence-electron chi connectivity index (χ2n) is 7.41. The van der Waals surface area contributed by atoms with Gasteiger partial charge in [0.25, 0.3) is 0 Å². The molecular formula is C24H25N3O2. The van der Waals surface area contributed by atoms with E-state index in [1.54, 1.807) is 0 Å². The first-order valence-electron chi connectivity index (χ1n) is 10.0. The zero-order valence-electron chi connectivity index (χ0n) is 16.3. The summed E-state index contributed by atoms with van der Waals surface area (Å²) in [5, 5.41) is 7.78. The molecule has 3 aromatic rings. The molecule has 1 atom stereocenters. The third-order valence-electron chi connectivity index (χ3n) is 5.38. The summed E-state index contributed by atoms with van der Waals surface area (Å²) in [6.07, 6.45) is 1.82. The first-order chi connectivity index (χ1) is 14.2. The molecule has 1 heterocycles. The number of nitrogens with one attached hydrogen (secondary N) is 2. The van der Waals surface area contributed by atoms with Gasteiger partial charge in [0.15, 0.2) is 0 Å². The molecule has 148 valence electrons. The van der Waals surface area contributed by atoms with E-state index in [-0.39, 0.29) is 24.4 Å². The summed E-state index contributed by atoms with van der Waals surface area (Å²) >= 11 is 0. The van der Waals surface area contributed by atoms with Crippen LogP contribution in [-0.4, -0.2) is 35.8 Å². The summed E-state index contributed by atoms with van der Waals surface area (Å²) in [7, 11) is 0. The van der Waals surface area contributed by atoms with Crippen LogP contribution in [0.4, 0.5) is 5.69 Å². The molecule has 1 fully saturated rings. The van der Waals surface area contributed by atoms with Crippen molar-refractivity contribution in [1.29, 1.82) is 0 Å². The number of hydrogen-bond acceptors (Lipinski definition) is 3. The maximum atomic E-state index is 12.7. The molecule has 1 aliphatic heterocycles. The second-order valence-corrected chi connectivity index (χ2v) is 7.41. The predicted octanol–water partition coefficient (Wildman–Crippen LogP) is 3.56. The predicted molar refractivity (Wildman–Crippen MR) is 115 cm³/mol. The van der Waals surface area contributed by atoms with Crippen molar-refractivity contribution in [2.45, 2.75) is 25.4 Å². The fourth-order valence-corrected chi connectivity index (χ4v) is 3.94. The van der Waals surface area contributed by atoms with Crippen molar-refractivity contribution < 1.29 is 9.59 Å². The lowest BCUT2D eigenvalue weighted by atomic mass is 10.1. The number of carbonyl (C=O) groups excluding carboxylic acids is 2. The molecule has 1 unspecified atom stereocenters. The molecule has 2 amide bonds. The van der Waals surface area contributed by atoms with Crippen molar-refractivity contribution in [3.63, 3.8) is 0 Å². The zero-order chi connectivity index (χ0) is 20.1. The van der Waals surface area contributed by atoms with Crippen LogP contribution in [0.1, 0.15) is 18.4 Å². The molecule has 4 rings (SSSR count). The highest BCUT2D eigenvalue weighted by atomic mass is 16.2. The molecule has 5 heteroatoms. The maximum absolute atomic E-state index is 12.7. The largest absolute Gasteiger partial charge is 0.346 e. The average molecular weight is 387 g/mol. The molecular weight excluding hydrogens is 362 g/mol. The van der Waals surface area contributed by atoms with Crippen LogP contribution in [0.25, 0.3) is 10.8 Å². The van der Waals surface area contributed by atoms with Crippen LogP contribution in [-0.2, 0) is 16.1 Å². The standard InChI is InChI=1S/C24H25N3O2/c28-23(26-21-13-6-11-19-10-4-5-12-20(19)21)16-25-24(29)22-14-7-15-27(22)17-18-8-2-1-3-9-18/h1-6,8-13,22H,7,14-17H2,(H,25,29)(H,26,28). The minimum absolute atomic E-state index is 0.0300. The number of anilines is 1. The Balaban J connectivity index is 1.33. The summed E-state index contributed by atoms with van der Waals surface area (Å²) in [6, 6.07) is 23.7. The number of nitrogens with zero attached hydrogens (tertiary/aromatic N) is 1. The molecule has 5 nitrogen and oxygen atoms in total. The first kappa shape index (κ1) is 19.2. The number of fused-ring (bicyclic) bond motifs is 1.